The van der Waals surface area contributed by atoms with Crippen molar-refractivity contribution in [2.24, 2.45) is 0 Å². The fraction of sp³-hybridized carbons (Fsp3) is 0.105. The number of carbonyl (C=O) groups excluding carboxylic acids is 1. The molecule has 3 rings (SSSR count). The van der Waals surface area contributed by atoms with Crippen molar-refractivity contribution in [1.29, 1.82) is 0 Å². The van der Waals surface area contributed by atoms with Crippen molar-refractivity contribution in [1.82, 2.24) is 4.98 Å². The smallest absolute Gasteiger partial charge is 0.192 e. The number of rotatable bonds is 5. The number of nitrogens with one attached hydrogen (secondary N) is 1. The Morgan fingerprint density at radius 3 is 2.09 bits per heavy atom. The number of ketones is 1. The molecule has 3 nitrogen and oxygen atoms in total. The lowest BCUT2D eigenvalue weighted by Crippen LogP contribution is -2.29. The molecule has 0 amide bonds. The van der Waals surface area contributed by atoms with E-state index in [0.29, 0.717) is 5.56 Å². The molecule has 0 bridgehead atoms. The molecule has 0 fully saturated rings. The molecular formula is C19H17NO2. The predicted octanol–water partition coefficient (Wildman–Crippen LogP) is 3.39. The molecule has 3 aromatic rings. The van der Waals surface area contributed by atoms with Gasteiger partial charge in [-0.3, -0.25) is 4.79 Å². The van der Waals surface area contributed by atoms with Gasteiger partial charge >= 0.3 is 0 Å². The van der Waals surface area contributed by atoms with Gasteiger partial charge in [0.25, 0.3) is 0 Å². The molecule has 0 radical (unpaired) electrons. The highest BCUT2D eigenvalue weighted by Gasteiger charge is 2.30. The number of aliphatic hydroxyl groups is 1. The van der Waals surface area contributed by atoms with E-state index < -0.39 is 12.0 Å². The molecule has 1 heterocycles. The minimum absolute atomic E-state index is 0.274. The molecule has 2 N–H and O–H groups in total. The highest BCUT2D eigenvalue weighted by atomic mass is 16.3. The third kappa shape index (κ3) is 2.85. The Morgan fingerprint density at radius 1 is 0.864 bits per heavy atom. The SMILES string of the molecule is O=C(c1ccccc1)[C@H](O)[C@@H](c1ccccc1)c1ccc[nH]1. The van der Waals surface area contributed by atoms with E-state index in [0.717, 1.165) is 11.3 Å². The largest absolute Gasteiger partial charge is 0.384 e. The van der Waals surface area contributed by atoms with Crippen molar-refractivity contribution in [2.45, 2.75) is 12.0 Å². The average Bonchev–Trinajstić information content (AvgIpc) is 3.10. The second kappa shape index (κ2) is 6.41. The van der Waals surface area contributed by atoms with Crippen LogP contribution in [0.2, 0.25) is 0 Å². The predicted molar refractivity (Wildman–Crippen MR) is 85.9 cm³/mol. The van der Waals surface area contributed by atoms with Crippen LogP contribution in [0.4, 0.5) is 0 Å². The number of aromatic amines is 1. The second-order valence-corrected chi connectivity index (χ2v) is 5.19. The molecule has 0 saturated heterocycles. The Kier molecular flexibility index (Phi) is 4.17. The quantitative estimate of drug-likeness (QED) is 0.708. The van der Waals surface area contributed by atoms with Crippen LogP contribution in [0, 0.1) is 0 Å². The summed E-state index contributed by atoms with van der Waals surface area (Å²) in [6, 6.07) is 22.2. The number of H-pyrrole nitrogens is 1. The lowest BCUT2D eigenvalue weighted by Gasteiger charge is -2.22. The molecule has 0 saturated carbocycles. The summed E-state index contributed by atoms with van der Waals surface area (Å²) >= 11 is 0. The third-order valence-electron chi connectivity index (χ3n) is 3.76. The summed E-state index contributed by atoms with van der Waals surface area (Å²) in [4.78, 5) is 15.7. The molecular weight excluding hydrogens is 274 g/mol. The Labute approximate surface area is 129 Å². The van der Waals surface area contributed by atoms with Crippen molar-refractivity contribution in [3.05, 3.63) is 95.8 Å². The Bertz CT molecular complexity index is 721. The minimum Gasteiger partial charge on any atom is -0.384 e. The molecule has 0 aliphatic heterocycles. The van der Waals surface area contributed by atoms with Crippen LogP contribution in [0.25, 0.3) is 0 Å². The van der Waals surface area contributed by atoms with E-state index in [4.69, 9.17) is 0 Å². The van der Waals surface area contributed by atoms with Gasteiger partial charge in [0.1, 0.15) is 6.10 Å². The maximum Gasteiger partial charge on any atom is 0.192 e. The van der Waals surface area contributed by atoms with Gasteiger partial charge in [0.15, 0.2) is 5.78 Å². The van der Waals surface area contributed by atoms with Gasteiger partial charge in [-0.25, -0.2) is 0 Å². The molecule has 2 aromatic carbocycles. The van der Waals surface area contributed by atoms with Crippen molar-refractivity contribution in [3.8, 4) is 0 Å². The number of hydrogen-bond donors (Lipinski definition) is 2. The maximum absolute atomic E-state index is 12.6. The van der Waals surface area contributed by atoms with E-state index in [1.54, 1.807) is 30.5 Å². The van der Waals surface area contributed by atoms with Gasteiger partial charge in [0.2, 0.25) is 0 Å². The number of carbonyl (C=O) groups is 1. The van der Waals surface area contributed by atoms with Crippen LogP contribution < -0.4 is 0 Å². The number of aromatic nitrogens is 1. The van der Waals surface area contributed by atoms with Gasteiger partial charge in [0.05, 0.1) is 5.92 Å². The summed E-state index contributed by atoms with van der Waals surface area (Å²) in [5.41, 5.74) is 2.24. The topological polar surface area (TPSA) is 53.1 Å². The fourth-order valence-electron chi connectivity index (χ4n) is 2.65. The van der Waals surface area contributed by atoms with Crippen LogP contribution in [-0.2, 0) is 0 Å². The van der Waals surface area contributed by atoms with E-state index in [1.165, 1.54) is 0 Å². The van der Waals surface area contributed by atoms with Gasteiger partial charge in [-0.15, -0.1) is 0 Å². The van der Waals surface area contributed by atoms with E-state index in [1.807, 2.05) is 48.5 Å². The van der Waals surface area contributed by atoms with Gasteiger partial charge < -0.3 is 10.1 Å². The van der Waals surface area contributed by atoms with Crippen LogP contribution in [0.1, 0.15) is 27.5 Å². The van der Waals surface area contributed by atoms with Crippen molar-refractivity contribution >= 4 is 5.78 Å². The van der Waals surface area contributed by atoms with Crippen LogP contribution in [0.15, 0.2) is 79.0 Å². The summed E-state index contributed by atoms with van der Waals surface area (Å²) in [5, 5.41) is 10.7. The first kappa shape index (κ1) is 14.3. The van der Waals surface area contributed by atoms with E-state index in [2.05, 4.69) is 4.98 Å². The summed E-state index contributed by atoms with van der Waals surface area (Å²) in [6.07, 6.45) is 0.661. The normalized spacial score (nSPS) is 13.5. The fourth-order valence-corrected chi connectivity index (χ4v) is 2.65. The zero-order chi connectivity index (χ0) is 15.4. The monoisotopic (exact) mass is 291 g/mol. The van der Waals surface area contributed by atoms with E-state index >= 15 is 0 Å². The van der Waals surface area contributed by atoms with Gasteiger partial charge in [-0.05, 0) is 17.7 Å². The maximum atomic E-state index is 12.6. The van der Waals surface area contributed by atoms with Crippen LogP contribution >= 0.6 is 0 Å². The van der Waals surface area contributed by atoms with Gasteiger partial charge in [-0.2, -0.15) is 0 Å². The van der Waals surface area contributed by atoms with Gasteiger partial charge in [-0.1, -0.05) is 60.7 Å². The molecule has 2 atom stereocenters. The molecule has 0 aliphatic carbocycles. The zero-order valence-corrected chi connectivity index (χ0v) is 12.0. The lowest BCUT2D eigenvalue weighted by atomic mass is 9.86. The molecule has 0 aliphatic rings. The van der Waals surface area contributed by atoms with E-state index in [-0.39, 0.29) is 5.78 Å². The minimum atomic E-state index is -1.14. The van der Waals surface area contributed by atoms with Crippen molar-refractivity contribution in [2.75, 3.05) is 0 Å². The van der Waals surface area contributed by atoms with Crippen LogP contribution in [0.5, 0.6) is 0 Å². The van der Waals surface area contributed by atoms with E-state index in [9.17, 15) is 9.90 Å². The summed E-state index contributed by atoms with van der Waals surface area (Å²) in [6.45, 7) is 0. The molecule has 22 heavy (non-hydrogen) atoms. The molecule has 3 heteroatoms. The van der Waals surface area contributed by atoms with Gasteiger partial charge in [0, 0.05) is 17.5 Å². The third-order valence-corrected chi connectivity index (χ3v) is 3.76. The Hall–Kier alpha value is -2.65. The molecule has 110 valence electrons. The highest BCUT2D eigenvalue weighted by molar-refractivity contribution is 6.00. The number of aliphatic hydroxyl groups excluding tert-OH is 1. The summed E-state index contributed by atoms with van der Waals surface area (Å²) < 4.78 is 0. The number of hydrogen-bond acceptors (Lipinski definition) is 2. The van der Waals surface area contributed by atoms with Crippen molar-refractivity contribution in [3.63, 3.8) is 0 Å². The number of benzene rings is 2. The lowest BCUT2D eigenvalue weighted by molar-refractivity contribution is 0.0713. The highest BCUT2D eigenvalue weighted by Crippen LogP contribution is 2.28. The first-order valence-corrected chi connectivity index (χ1v) is 7.23. The summed E-state index contributed by atoms with van der Waals surface area (Å²) in [7, 11) is 0. The van der Waals surface area contributed by atoms with Crippen LogP contribution in [0.3, 0.4) is 0 Å². The average molecular weight is 291 g/mol. The van der Waals surface area contributed by atoms with Crippen LogP contribution in [-0.4, -0.2) is 22.0 Å². The Morgan fingerprint density at radius 2 is 1.50 bits per heavy atom. The first-order chi connectivity index (χ1) is 10.8. The number of Topliss-reactive ketones (excluding diaryl/α,β-unsaturated/α-hetero) is 1. The molecule has 0 unspecified atom stereocenters. The zero-order valence-electron chi connectivity index (χ0n) is 12.0. The molecule has 0 spiro atoms. The van der Waals surface area contributed by atoms with Crippen molar-refractivity contribution < 1.29 is 9.90 Å². The standard InChI is InChI=1S/C19H17NO2/c21-18(15-10-5-2-6-11-15)19(22)17(16-12-7-13-20-16)14-8-3-1-4-9-14/h1-13,17,19-20,22H/t17-,19+/m0/s1. The second-order valence-electron chi connectivity index (χ2n) is 5.19. The molecule has 1 aromatic heterocycles. The summed E-state index contributed by atoms with van der Waals surface area (Å²) in [5.74, 6) is -0.687. The Balaban J connectivity index is 1.98. The first-order valence-electron chi connectivity index (χ1n) is 7.23.